The average molecular weight is 381 g/mol. The number of carbonyl (C=O) groups excluding carboxylic acids is 1. The first-order valence-corrected chi connectivity index (χ1v) is 7.47. The summed E-state index contributed by atoms with van der Waals surface area (Å²) in [6.45, 7) is 2.67. The molecule has 0 spiro atoms. The number of carbonyl (C=O) groups is 2. The van der Waals surface area contributed by atoms with Crippen molar-refractivity contribution in [1.29, 1.82) is 0 Å². The minimum Gasteiger partial charge on any atom is -0.481 e. The number of aliphatic carboxylic acids is 1. The highest BCUT2D eigenvalue weighted by Gasteiger charge is 2.52. The van der Waals surface area contributed by atoms with Crippen LogP contribution in [-0.4, -0.2) is 47.7 Å². The summed E-state index contributed by atoms with van der Waals surface area (Å²) in [6, 6.07) is 5.37. The Bertz CT molecular complexity index is 652. The van der Waals surface area contributed by atoms with Gasteiger partial charge in [-0.1, -0.05) is 12.1 Å². The predicted octanol–water partition coefficient (Wildman–Crippen LogP) is 2.86. The van der Waals surface area contributed by atoms with E-state index in [9.17, 15) is 22.8 Å². The normalized spacial score (nSPS) is 20.8. The number of alkyl halides is 3. The third-order valence-electron chi connectivity index (χ3n) is 4.38. The number of likely N-dealkylation sites (tertiary alicyclic amines) is 1. The molecule has 2 N–H and O–H groups in total. The number of anilines is 1. The molecule has 1 aromatic carbocycles. The van der Waals surface area contributed by atoms with E-state index in [4.69, 9.17) is 5.11 Å². The van der Waals surface area contributed by atoms with Crippen molar-refractivity contribution in [3.05, 3.63) is 29.3 Å². The maximum absolute atomic E-state index is 12.9. The molecule has 1 heterocycles. The number of nitrogens with one attached hydrogen (secondary N) is 1. The Morgan fingerprint density at radius 1 is 1.28 bits per heavy atom. The van der Waals surface area contributed by atoms with Crippen LogP contribution in [0.1, 0.15) is 11.1 Å². The standard InChI is InChI=1S/C16H19F3N2O3.ClH/c1-9-4-3-5-13(10(9)2)20-14(22)8-21-6-11(15(23)24)12(7-21)16(17,18)19;/h3-5,11-12H,6-8H2,1-2H3,(H,20,22)(H,23,24);1H/t11-,12-;/m1./s1. The van der Waals surface area contributed by atoms with Gasteiger partial charge in [-0.3, -0.25) is 14.5 Å². The quantitative estimate of drug-likeness (QED) is 0.842. The molecular weight excluding hydrogens is 361 g/mol. The Kier molecular flexibility index (Phi) is 6.84. The molecule has 0 aromatic heterocycles. The second-order valence-electron chi connectivity index (χ2n) is 6.08. The molecule has 1 saturated heterocycles. The lowest BCUT2D eigenvalue weighted by Crippen LogP contribution is -2.34. The molecule has 1 aromatic rings. The predicted molar refractivity (Wildman–Crippen MR) is 88.9 cm³/mol. The monoisotopic (exact) mass is 380 g/mol. The summed E-state index contributed by atoms with van der Waals surface area (Å²) in [6.07, 6.45) is -4.60. The Morgan fingerprint density at radius 2 is 1.92 bits per heavy atom. The summed E-state index contributed by atoms with van der Waals surface area (Å²) in [5.74, 6) is -5.45. The van der Waals surface area contributed by atoms with Crippen LogP contribution in [0.2, 0.25) is 0 Å². The fourth-order valence-corrected chi connectivity index (χ4v) is 2.88. The lowest BCUT2D eigenvalue weighted by atomic mass is 9.96. The van der Waals surface area contributed by atoms with Crippen LogP contribution >= 0.6 is 12.4 Å². The number of aryl methyl sites for hydroxylation is 1. The zero-order chi connectivity index (χ0) is 18.1. The lowest BCUT2D eigenvalue weighted by molar-refractivity contribution is -0.188. The summed E-state index contributed by atoms with van der Waals surface area (Å²) in [7, 11) is 0. The minimum absolute atomic E-state index is 0. The van der Waals surface area contributed by atoms with Crippen LogP contribution in [0.3, 0.4) is 0 Å². The maximum atomic E-state index is 12.9. The van der Waals surface area contributed by atoms with E-state index >= 15 is 0 Å². The third kappa shape index (κ3) is 5.09. The fourth-order valence-electron chi connectivity index (χ4n) is 2.88. The number of rotatable bonds is 4. The summed E-state index contributed by atoms with van der Waals surface area (Å²) >= 11 is 0. The molecule has 140 valence electrons. The number of hydrogen-bond donors (Lipinski definition) is 2. The van der Waals surface area contributed by atoms with Gasteiger partial charge in [-0.2, -0.15) is 13.2 Å². The number of nitrogens with zero attached hydrogens (tertiary/aromatic N) is 1. The van der Waals surface area contributed by atoms with Crippen LogP contribution in [0.15, 0.2) is 18.2 Å². The Hall–Kier alpha value is -1.80. The van der Waals surface area contributed by atoms with Crippen LogP contribution < -0.4 is 5.32 Å². The van der Waals surface area contributed by atoms with Crippen LogP contribution in [0.25, 0.3) is 0 Å². The second-order valence-corrected chi connectivity index (χ2v) is 6.08. The second kappa shape index (κ2) is 8.05. The summed E-state index contributed by atoms with van der Waals surface area (Å²) in [5.41, 5.74) is 2.46. The van der Waals surface area contributed by atoms with E-state index in [2.05, 4.69) is 5.32 Å². The fraction of sp³-hybridized carbons (Fsp3) is 0.500. The van der Waals surface area contributed by atoms with E-state index in [1.54, 1.807) is 12.1 Å². The molecule has 2 rings (SSSR count). The van der Waals surface area contributed by atoms with E-state index < -0.39 is 36.4 Å². The van der Waals surface area contributed by atoms with Gasteiger partial charge in [0.05, 0.1) is 18.4 Å². The molecule has 1 aliphatic rings. The van der Waals surface area contributed by atoms with Gasteiger partial charge in [-0.15, -0.1) is 12.4 Å². The van der Waals surface area contributed by atoms with Crippen LogP contribution in [0.5, 0.6) is 0 Å². The highest BCUT2D eigenvalue weighted by atomic mass is 35.5. The smallest absolute Gasteiger partial charge is 0.393 e. The van der Waals surface area contributed by atoms with Gasteiger partial charge >= 0.3 is 12.1 Å². The average Bonchev–Trinajstić information content (AvgIpc) is 2.88. The molecule has 0 saturated carbocycles. The van der Waals surface area contributed by atoms with E-state index in [0.29, 0.717) is 5.69 Å². The first-order valence-electron chi connectivity index (χ1n) is 7.47. The summed E-state index contributed by atoms with van der Waals surface area (Å²) in [4.78, 5) is 24.4. The van der Waals surface area contributed by atoms with Crippen molar-refractivity contribution in [3.63, 3.8) is 0 Å². The van der Waals surface area contributed by atoms with Gasteiger partial charge in [0.25, 0.3) is 0 Å². The van der Waals surface area contributed by atoms with E-state index in [-0.39, 0.29) is 25.5 Å². The van der Waals surface area contributed by atoms with Crippen molar-refractivity contribution >= 4 is 30.0 Å². The molecule has 1 aliphatic heterocycles. The van der Waals surface area contributed by atoms with E-state index in [1.807, 2.05) is 19.9 Å². The lowest BCUT2D eigenvalue weighted by Gasteiger charge is -2.18. The van der Waals surface area contributed by atoms with Gasteiger partial charge in [-0.25, -0.2) is 0 Å². The van der Waals surface area contributed by atoms with Gasteiger partial charge < -0.3 is 10.4 Å². The zero-order valence-electron chi connectivity index (χ0n) is 13.8. The van der Waals surface area contributed by atoms with Gasteiger partial charge in [0.15, 0.2) is 0 Å². The molecule has 1 fully saturated rings. The molecule has 0 aliphatic carbocycles. The first-order chi connectivity index (χ1) is 11.1. The molecule has 0 radical (unpaired) electrons. The molecule has 1 amide bonds. The van der Waals surface area contributed by atoms with Crippen molar-refractivity contribution < 1.29 is 27.9 Å². The van der Waals surface area contributed by atoms with Gasteiger partial charge in [0.2, 0.25) is 5.91 Å². The SMILES string of the molecule is Cc1cccc(NC(=O)CN2C[C@@H](C(F)(F)F)[C@H](C(=O)O)C2)c1C.Cl. The zero-order valence-corrected chi connectivity index (χ0v) is 14.6. The van der Waals surface area contributed by atoms with Crippen molar-refractivity contribution in [2.45, 2.75) is 20.0 Å². The van der Waals surface area contributed by atoms with Crippen molar-refractivity contribution in [2.24, 2.45) is 11.8 Å². The van der Waals surface area contributed by atoms with Crippen molar-refractivity contribution in [3.8, 4) is 0 Å². The molecule has 2 atom stereocenters. The third-order valence-corrected chi connectivity index (χ3v) is 4.38. The number of hydrogen-bond acceptors (Lipinski definition) is 3. The highest BCUT2D eigenvalue weighted by molar-refractivity contribution is 5.93. The Morgan fingerprint density at radius 3 is 2.44 bits per heavy atom. The number of amides is 1. The van der Waals surface area contributed by atoms with Crippen molar-refractivity contribution in [2.75, 3.05) is 25.0 Å². The maximum Gasteiger partial charge on any atom is 0.393 e. The Balaban J connectivity index is 0.00000312. The van der Waals surface area contributed by atoms with Gasteiger partial charge in [-0.05, 0) is 31.0 Å². The van der Waals surface area contributed by atoms with Gasteiger partial charge in [0, 0.05) is 18.8 Å². The van der Waals surface area contributed by atoms with Crippen LogP contribution in [0, 0.1) is 25.7 Å². The molecule has 9 heteroatoms. The molecular formula is C16H20ClF3N2O3. The Labute approximate surface area is 149 Å². The highest BCUT2D eigenvalue weighted by Crippen LogP contribution is 2.37. The summed E-state index contributed by atoms with van der Waals surface area (Å²) in [5, 5.41) is 11.6. The van der Waals surface area contributed by atoms with Crippen LogP contribution in [-0.2, 0) is 9.59 Å². The number of benzene rings is 1. The number of carboxylic acids is 1. The number of halogens is 4. The largest absolute Gasteiger partial charge is 0.481 e. The molecule has 5 nitrogen and oxygen atoms in total. The van der Waals surface area contributed by atoms with E-state index in [1.165, 1.54) is 4.90 Å². The minimum atomic E-state index is -4.60. The van der Waals surface area contributed by atoms with E-state index in [0.717, 1.165) is 11.1 Å². The van der Waals surface area contributed by atoms with Crippen LogP contribution in [0.4, 0.5) is 18.9 Å². The molecule has 25 heavy (non-hydrogen) atoms. The molecule has 0 unspecified atom stereocenters. The molecule has 0 bridgehead atoms. The van der Waals surface area contributed by atoms with Gasteiger partial charge in [0.1, 0.15) is 0 Å². The number of carboxylic acid groups (broad SMARTS) is 1. The summed E-state index contributed by atoms with van der Waals surface area (Å²) < 4.78 is 38.8. The first kappa shape index (κ1) is 21.2. The topological polar surface area (TPSA) is 69.6 Å². The van der Waals surface area contributed by atoms with Crippen molar-refractivity contribution in [1.82, 2.24) is 4.90 Å².